The van der Waals surface area contributed by atoms with E-state index in [4.69, 9.17) is 9.47 Å². The van der Waals surface area contributed by atoms with Crippen molar-refractivity contribution < 1.29 is 9.47 Å². The number of ether oxygens (including phenoxy) is 2. The topological polar surface area (TPSA) is 18.5 Å². The molecule has 90 valence electrons. The van der Waals surface area contributed by atoms with E-state index in [1.54, 1.807) is 0 Å². The lowest BCUT2D eigenvalue weighted by molar-refractivity contribution is -0.0822. The summed E-state index contributed by atoms with van der Waals surface area (Å²) in [6, 6.07) is 8.07. The van der Waals surface area contributed by atoms with E-state index in [2.05, 4.69) is 26.8 Å². The van der Waals surface area contributed by atoms with Gasteiger partial charge >= 0.3 is 0 Å². The molecular formula is C14H22O2. The fourth-order valence-corrected chi connectivity index (χ4v) is 1.43. The van der Waals surface area contributed by atoms with Gasteiger partial charge in [0, 0.05) is 6.42 Å². The van der Waals surface area contributed by atoms with Gasteiger partial charge in [0.2, 0.25) is 0 Å². The van der Waals surface area contributed by atoms with Gasteiger partial charge in [-0.3, -0.25) is 0 Å². The summed E-state index contributed by atoms with van der Waals surface area (Å²) in [5, 5.41) is 0. The van der Waals surface area contributed by atoms with Gasteiger partial charge in [0.05, 0.1) is 6.61 Å². The molecule has 2 nitrogen and oxygen atoms in total. The van der Waals surface area contributed by atoms with Gasteiger partial charge in [0.25, 0.3) is 0 Å². The summed E-state index contributed by atoms with van der Waals surface area (Å²) in [4.78, 5) is 0. The van der Waals surface area contributed by atoms with Crippen molar-refractivity contribution in [2.24, 2.45) is 0 Å². The molecule has 0 fully saturated rings. The van der Waals surface area contributed by atoms with Gasteiger partial charge < -0.3 is 9.47 Å². The Kier molecular flexibility index (Phi) is 5.94. The third-order valence-electron chi connectivity index (χ3n) is 2.39. The van der Waals surface area contributed by atoms with E-state index in [0.29, 0.717) is 0 Å². The Morgan fingerprint density at radius 1 is 1.25 bits per heavy atom. The van der Waals surface area contributed by atoms with Crippen LogP contribution < -0.4 is 4.74 Å². The largest absolute Gasteiger partial charge is 0.465 e. The van der Waals surface area contributed by atoms with Crippen LogP contribution in [-0.4, -0.2) is 12.9 Å². The van der Waals surface area contributed by atoms with Crippen molar-refractivity contribution in [2.75, 3.05) is 6.61 Å². The average Bonchev–Trinajstić information content (AvgIpc) is 2.28. The third-order valence-corrected chi connectivity index (χ3v) is 2.39. The molecule has 16 heavy (non-hydrogen) atoms. The zero-order valence-electron chi connectivity index (χ0n) is 10.5. The molecular weight excluding hydrogens is 200 g/mol. The van der Waals surface area contributed by atoms with E-state index < -0.39 is 0 Å². The lowest BCUT2D eigenvalue weighted by Gasteiger charge is -2.18. The summed E-state index contributed by atoms with van der Waals surface area (Å²) in [6.45, 7) is 7.07. The number of benzene rings is 1. The van der Waals surface area contributed by atoms with Crippen molar-refractivity contribution >= 4 is 0 Å². The molecule has 0 amide bonds. The van der Waals surface area contributed by atoms with E-state index in [1.165, 1.54) is 5.56 Å². The van der Waals surface area contributed by atoms with Crippen LogP contribution in [0.15, 0.2) is 24.3 Å². The Labute approximate surface area is 98.6 Å². The number of rotatable bonds is 7. The molecule has 2 heteroatoms. The van der Waals surface area contributed by atoms with Crippen LogP contribution in [0.4, 0.5) is 0 Å². The number of hydrogen-bond donors (Lipinski definition) is 0. The molecule has 1 rings (SSSR count). The number of aryl methyl sites for hydroxylation is 1. The minimum absolute atomic E-state index is 0.117. The monoisotopic (exact) mass is 222 g/mol. The van der Waals surface area contributed by atoms with Crippen LogP contribution in [0.25, 0.3) is 0 Å². The first-order chi connectivity index (χ1) is 7.76. The van der Waals surface area contributed by atoms with Crippen molar-refractivity contribution in [3.05, 3.63) is 29.8 Å². The maximum Gasteiger partial charge on any atom is 0.199 e. The molecule has 0 saturated carbocycles. The van der Waals surface area contributed by atoms with Gasteiger partial charge in [0.1, 0.15) is 5.75 Å². The molecule has 0 N–H and O–H groups in total. The maximum atomic E-state index is 5.77. The first-order valence-electron chi connectivity index (χ1n) is 6.11. The van der Waals surface area contributed by atoms with Gasteiger partial charge in [-0.05, 0) is 31.0 Å². The molecule has 1 atom stereocenters. The summed E-state index contributed by atoms with van der Waals surface area (Å²) in [6.07, 6.45) is 3.00. The van der Waals surface area contributed by atoms with Crippen LogP contribution >= 0.6 is 0 Å². The molecule has 0 radical (unpaired) electrons. The van der Waals surface area contributed by atoms with Crippen LogP contribution in [-0.2, 0) is 4.74 Å². The molecule has 0 aliphatic heterocycles. The maximum absolute atomic E-state index is 5.77. The zero-order valence-corrected chi connectivity index (χ0v) is 10.5. The van der Waals surface area contributed by atoms with Crippen LogP contribution in [0.1, 0.15) is 38.7 Å². The Hall–Kier alpha value is -1.02. The summed E-state index contributed by atoms with van der Waals surface area (Å²) < 4.78 is 11.4. The minimum Gasteiger partial charge on any atom is -0.465 e. The second-order valence-electron chi connectivity index (χ2n) is 4.00. The predicted molar refractivity (Wildman–Crippen MR) is 66.7 cm³/mol. The Balaban J connectivity index is 2.43. The van der Waals surface area contributed by atoms with Crippen molar-refractivity contribution in [3.8, 4) is 5.75 Å². The number of hydrogen-bond acceptors (Lipinski definition) is 2. The second kappa shape index (κ2) is 7.29. The highest BCUT2D eigenvalue weighted by atomic mass is 16.7. The van der Waals surface area contributed by atoms with Crippen LogP contribution in [0, 0.1) is 6.92 Å². The van der Waals surface area contributed by atoms with Crippen molar-refractivity contribution in [1.29, 1.82) is 0 Å². The quantitative estimate of drug-likeness (QED) is 0.514. The highest BCUT2D eigenvalue weighted by Gasteiger charge is 2.07. The van der Waals surface area contributed by atoms with Gasteiger partial charge in [-0.15, -0.1) is 0 Å². The minimum atomic E-state index is -0.117. The Morgan fingerprint density at radius 2 is 2.06 bits per heavy atom. The molecule has 0 heterocycles. The van der Waals surface area contributed by atoms with E-state index in [9.17, 15) is 0 Å². The zero-order chi connectivity index (χ0) is 11.8. The van der Waals surface area contributed by atoms with Crippen LogP contribution in [0.5, 0.6) is 5.75 Å². The van der Waals surface area contributed by atoms with Gasteiger partial charge in [-0.1, -0.05) is 32.4 Å². The summed E-state index contributed by atoms with van der Waals surface area (Å²) >= 11 is 0. The lowest BCUT2D eigenvalue weighted by atomic mass is 10.2. The summed E-state index contributed by atoms with van der Waals surface area (Å²) in [5.74, 6) is 0.892. The predicted octanol–water partition coefficient (Wildman–Crippen LogP) is 3.93. The molecule has 0 saturated heterocycles. The Morgan fingerprint density at radius 3 is 2.69 bits per heavy atom. The highest BCUT2D eigenvalue weighted by molar-refractivity contribution is 5.27. The number of unbranched alkanes of at least 4 members (excludes halogenated alkanes) is 1. The molecule has 0 aliphatic carbocycles. The molecule has 0 bridgehead atoms. The highest BCUT2D eigenvalue weighted by Crippen LogP contribution is 2.16. The van der Waals surface area contributed by atoms with Crippen molar-refractivity contribution in [2.45, 2.75) is 46.3 Å². The molecule has 1 unspecified atom stereocenters. The lowest BCUT2D eigenvalue weighted by Crippen LogP contribution is -2.20. The average molecular weight is 222 g/mol. The van der Waals surface area contributed by atoms with Gasteiger partial charge in [-0.25, -0.2) is 0 Å². The van der Waals surface area contributed by atoms with Crippen molar-refractivity contribution in [1.82, 2.24) is 0 Å². The SMILES string of the molecule is CCCCOC(CC)Oc1cccc(C)c1. The first-order valence-corrected chi connectivity index (χ1v) is 6.11. The molecule has 0 aliphatic rings. The van der Waals surface area contributed by atoms with E-state index in [0.717, 1.165) is 31.6 Å². The van der Waals surface area contributed by atoms with Gasteiger partial charge in [-0.2, -0.15) is 0 Å². The van der Waals surface area contributed by atoms with Crippen LogP contribution in [0.3, 0.4) is 0 Å². The summed E-state index contributed by atoms with van der Waals surface area (Å²) in [5.41, 5.74) is 1.21. The summed E-state index contributed by atoms with van der Waals surface area (Å²) in [7, 11) is 0. The fourth-order valence-electron chi connectivity index (χ4n) is 1.43. The molecule has 0 aromatic heterocycles. The smallest absolute Gasteiger partial charge is 0.199 e. The van der Waals surface area contributed by atoms with Crippen molar-refractivity contribution in [3.63, 3.8) is 0 Å². The van der Waals surface area contributed by atoms with E-state index in [1.807, 2.05) is 18.2 Å². The van der Waals surface area contributed by atoms with Crippen LogP contribution in [0.2, 0.25) is 0 Å². The van der Waals surface area contributed by atoms with Gasteiger partial charge in [0.15, 0.2) is 6.29 Å². The standard InChI is InChI=1S/C14H22O2/c1-4-6-10-15-14(5-2)16-13-9-7-8-12(3)11-13/h7-9,11,14H,4-6,10H2,1-3H3. The van der Waals surface area contributed by atoms with E-state index >= 15 is 0 Å². The Bertz CT molecular complexity index is 297. The molecule has 1 aromatic carbocycles. The third kappa shape index (κ3) is 4.67. The second-order valence-corrected chi connectivity index (χ2v) is 4.00. The van der Waals surface area contributed by atoms with E-state index in [-0.39, 0.29) is 6.29 Å². The fraction of sp³-hybridized carbons (Fsp3) is 0.571. The molecule has 0 spiro atoms. The first kappa shape index (κ1) is 13.0. The normalized spacial score (nSPS) is 12.4. The molecule has 1 aromatic rings.